The van der Waals surface area contributed by atoms with E-state index in [1.54, 1.807) is 36.4 Å². The smallest absolute Gasteiger partial charge is 0.252 e. The number of amides is 2. The molecule has 1 aliphatic heterocycles. The Hall–Kier alpha value is -2.33. The van der Waals surface area contributed by atoms with Gasteiger partial charge in [-0.2, -0.15) is 4.31 Å². The van der Waals surface area contributed by atoms with Crippen molar-refractivity contribution in [3.63, 3.8) is 0 Å². The average Bonchev–Trinajstić information content (AvgIpc) is 3.35. The number of halogens is 1. The van der Waals surface area contributed by atoms with Crippen molar-refractivity contribution in [3.8, 4) is 0 Å². The molecule has 0 saturated carbocycles. The first-order valence-corrected chi connectivity index (χ1v) is 12.6. The lowest BCUT2D eigenvalue weighted by Crippen LogP contribution is -2.44. The van der Waals surface area contributed by atoms with Gasteiger partial charge in [-0.1, -0.05) is 39.7 Å². The molecule has 1 unspecified atom stereocenters. The number of nitrogens with zero attached hydrogens (tertiary/aromatic N) is 2. The second-order valence-corrected chi connectivity index (χ2v) is 11.0. The predicted molar refractivity (Wildman–Crippen MR) is 123 cm³/mol. The van der Waals surface area contributed by atoms with E-state index in [9.17, 15) is 18.0 Å². The second-order valence-electron chi connectivity index (χ2n) is 7.21. The molecule has 2 amide bonds. The van der Waals surface area contributed by atoms with Crippen LogP contribution in [0, 0.1) is 6.92 Å². The number of imide groups is 1. The van der Waals surface area contributed by atoms with E-state index >= 15 is 0 Å². The lowest BCUT2D eigenvalue weighted by atomic mass is 10.2. The van der Waals surface area contributed by atoms with Crippen LogP contribution in [0.4, 0.5) is 5.69 Å². The van der Waals surface area contributed by atoms with Crippen LogP contribution in [0.2, 0.25) is 0 Å². The quantitative estimate of drug-likeness (QED) is 0.454. The SMILES string of the molecule is Cc1ccc(S(=O)(=O)N(Cc2cccs2)C2CC(=O)N(c3ccc(Br)cc3)C2=O)cc1. The number of aryl methyl sites for hydroxylation is 1. The van der Waals surface area contributed by atoms with Crippen LogP contribution >= 0.6 is 27.3 Å². The Balaban J connectivity index is 1.73. The van der Waals surface area contributed by atoms with Gasteiger partial charge in [-0.3, -0.25) is 9.59 Å². The van der Waals surface area contributed by atoms with Crippen LogP contribution in [-0.2, 0) is 26.2 Å². The van der Waals surface area contributed by atoms with Crippen molar-refractivity contribution in [2.45, 2.75) is 30.8 Å². The number of hydrogen-bond acceptors (Lipinski definition) is 5. The van der Waals surface area contributed by atoms with E-state index < -0.39 is 27.9 Å². The standard InChI is InChI=1S/C22H19BrN2O4S2/c1-15-4-10-19(11-5-15)31(28,29)24(14-18-3-2-12-30-18)20-13-21(26)25(22(20)27)17-8-6-16(23)7-9-17/h2-12,20H,13-14H2,1H3. The van der Waals surface area contributed by atoms with E-state index in [2.05, 4.69) is 15.9 Å². The Kier molecular flexibility index (Phi) is 6.11. The summed E-state index contributed by atoms with van der Waals surface area (Å²) in [6.07, 6.45) is -0.203. The molecule has 160 valence electrons. The third-order valence-corrected chi connectivity index (χ3v) is 8.33. The highest BCUT2D eigenvalue weighted by molar-refractivity contribution is 9.10. The first-order chi connectivity index (χ1) is 14.8. The normalized spacial score (nSPS) is 17.0. The largest absolute Gasteiger partial charge is 0.274 e. The molecule has 0 radical (unpaired) electrons. The van der Waals surface area contributed by atoms with Gasteiger partial charge in [-0.05, 0) is 54.8 Å². The molecule has 2 heterocycles. The number of anilines is 1. The van der Waals surface area contributed by atoms with Gasteiger partial charge in [0.25, 0.3) is 5.91 Å². The van der Waals surface area contributed by atoms with Crippen LogP contribution in [0.1, 0.15) is 16.9 Å². The molecule has 0 spiro atoms. The minimum atomic E-state index is -4.01. The summed E-state index contributed by atoms with van der Waals surface area (Å²) in [5.41, 5.74) is 1.35. The molecule has 1 fully saturated rings. The van der Waals surface area contributed by atoms with Gasteiger partial charge >= 0.3 is 0 Å². The maximum atomic E-state index is 13.5. The minimum Gasteiger partial charge on any atom is -0.274 e. The summed E-state index contributed by atoms with van der Waals surface area (Å²) in [5.74, 6) is -0.966. The van der Waals surface area contributed by atoms with Crippen molar-refractivity contribution in [3.05, 3.63) is 81.0 Å². The van der Waals surface area contributed by atoms with Gasteiger partial charge in [0.1, 0.15) is 6.04 Å². The third kappa shape index (κ3) is 4.36. The molecule has 1 saturated heterocycles. The topological polar surface area (TPSA) is 74.8 Å². The first kappa shape index (κ1) is 21.9. The Morgan fingerprint density at radius 2 is 1.74 bits per heavy atom. The van der Waals surface area contributed by atoms with Gasteiger partial charge in [-0.15, -0.1) is 11.3 Å². The van der Waals surface area contributed by atoms with Gasteiger partial charge in [-0.25, -0.2) is 13.3 Å². The molecule has 1 aromatic heterocycles. The monoisotopic (exact) mass is 518 g/mol. The Morgan fingerprint density at radius 1 is 1.06 bits per heavy atom. The summed E-state index contributed by atoms with van der Waals surface area (Å²) in [6, 6.07) is 15.8. The summed E-state index contributed by atoms with van der Waals surface area (Å²) in [4.78, 5) is 28.0. The minimum absolute atomic E-state index is 0.0196. The highest BCUT2D eigenvalue weighted by atomic mass is 79.9. The maximum Gasteiger partial charge on any atom is 0.252 e. The summed E-state index contributed by atoms with van der Waals surface area (Å²) in [6.45, 7) is 1.89. The molecule has 0 aliphatic carbocycles. The Labute approximate surface area is 193 Å². The van der Waals surface area contributed by atoms with E-state index in [0.717, 1.165) is 24.1 Å². The molecule has 31 heavy (non-hydrogen) atoms. The van der Waals surface area contributed by atoms with Crippen LogP contribution < -0.4 is 4.90 Å². The number of rotatable bonds is 6. The fourth-order valence-corrected chi connectivity index (χ4v) is 6.08. The lowest BCUT2D eigenvalue weighted by Gasteiger charge is -2.26. The number of carbonyl (C=O) groups excluding carboxylic acids is 2. The summed E-state index contributed by atoms with van der Waals surface area (Å²) < 4.78 is 29.0. The number of carbonyl (C=O) groups is 2. The number of sulfonamides is 1. The van der Waals surface area contributed by atoms with E-state index in [0.29, 0.717) is 5.69 Å². The number of benzene rings is 2. The number of thiophene rings is 1. The summed E-state index contributed by atoms with van der Waals surface area (Å²) >= 11 is 4.74. The molecule has 3 aromatic rings. The molecule has 2 aromatic carbocycles. The third-order valence-electron chi connectivity index (χ3n) is 5.07. The van der Waals surface area contributed by atoms with E-state index in [-0.39, 0.29) is 17.9 Å². The van der Waals surface area contributed by atoms with Crippen molar-refractivity contribution < 1.29 is 18.0 Å². The first-order valence-electron chi connectivity index (χ1n) is 9.50. The van der Waals surface area contributed by atoms with Crippen molar-refractivity contribution in [2.75, 3.05) is 4.90 Å². The van der Waals surface area contributed by atoms with E-state index in [1.807, 2.05) is 24.4 Å². The van der Waals surface area contributed by atoms with E-state index in [1.165, 1.54) is 23.5 Å². The van der Waals surface area contributed by atoms with Crippen molar-refractivity contribution >= 4 is 54.8 Å². The highest BCUT2D eigenvalue weighted by Gasteiger charge is 2.47. The van der Waals surface area contributed by atoms with Crippen LogP contribution in [0.3, 0.4) is 0 Å². The average molecular weight is 519 g/mol. The molecule has 1 aliphatic rings. The van der Waals surface area contributed by atoms with Gasteiger partial charge in [0.05, 0.1) is 17.0 Å². The fourth-order valence-electron chi connectivity index (χ4n) is 3.47. The molecule has 0 bridgehead atoms. The predicted octanol–water partition coefficient (Wildman–Crippen LogP) is 4.34. The van der Waals surface area contributed by atoms with Gasteiger partial charge in [0.15, 0.2) is 0 Å². The van der Waals surface area contributed by atoms with Crippen LogP contribution in [0.25, 0.3) is 0 Å². The maximum absolute atomic E-state index is 13.5. The molecule has 1 atom stereocenters. The van der Waals surface area contributed by atoms with Crippen LogP contribution in [0.5, 0.6) is 0 Å². The zero-order chi connectivity index (χ0) is 22.2. The van der Waals surface area contributed by atoms with Crippen molar-refractivity contribution in [1.29, 1.82) is 0 Å². The molecule has 6 nitrogen and oxygen atoms in total. The molecule has 0 N–H and O–H groups in total. The molecular weight excluding hydrogens is 500 g/mol. The molecular formula is C22H19BrN2O4S2. The lowest BCUT2D eigenvalue weighted by molar-refractivity contribution is -0.122. The van der Waals surface area contributed by atoms with Gasteiger partial charge in [0.2, 0.25) is 15.9 Å². The zero-order valence-electron chi connectivity index (χ0n) is 16.6. The van der Waals surface area contributed by atoms with Crippen molar-refractivity contribution in [1.82, 2.24) is 4.31 Å². The van der Waals surface area contributed by atoms with E-state index in [4.69, 9.17) is 0 Å². The zero-order valence-corrected chi connectivity index (χ0v) is 19.8. The van der Waals surface area contributed by atoms with Crippen LogP contribution in [-0.4, -0.2) is 30.6 Å². The Bertz CT molecular complexity index is 1210. The molecule has 9 heteroatoms. The highest BCUT2D eigenvalue weighted by Crippen LogP contribution is 2.31. The summed E-state index contributed by atoms with van der Waals surface area (Å²) in [5, 5.41) is 1.85. The molecule has 4 rings (SSSR count). The second kappa shape index (κ2) is 8.66. The van der Waals surface area contributed by atoms with Crippen LogP contribution in [0.15, 0.2) is 75.4 Å². The fraction of sp³-hybridized carbons (Fsp3) is 0.182. The van der Waals surface area contributed by atoms with Gasteiger partial charge in [0, 0.05) is 15.9 Å². The van der Waals surface area contributed by atoms with Crippen molar-refractivity contribution in [2.24, 2.45) is 0 Å². The summed E-state index contributed by atoms with van der Waals surface area (Å²) in [7, 11) is -4.01. The Morgan fingerprint density at radius 3 is 2.35 bits per heavy atom. The number of hydrogen-bond donors (Lipinski definition) is 0. The van der Waals surface area contributed by atoms with Gasteiger partial charge < -0.3 is 0 Å².